The summed E-state index contributed by atoms with van der Waals surface area (Å²) >= 11 is 0. The molecular formula is C19H16N2O2. The van der Waals surface area contributed by atoms with E-state index >= 15 is 0 Å². The lowest BCUT2D eigenvalue weighted by Crippen LogP contribution is -2.23. The Morgan fingerprint density at radius 2 is 1.61 bits per heavy atom. The molecule has 0 atom stereocenters. The van der Waals surface area contributed by atoms with Crippen LogP contribution in [0, 0.1) is 0 Å². The van der Waals surface area contributed by atoms with Crippen molar-refractivity contribution in [3.8, 4) is 5.75 Å². The molecule has 0 spiro atoms. The molecule has 0 bridgehead atoms. The summed E-state index contributed by atoms with van der Waals surface area (Å²) in [5, 5.41) is 16.8. The summed E-state index contributed by atoms with van der Waals surface area (Å²) < 4.78 is 0. The van der Waals surface area contributed by atoms with E-state index in [1.165, 1.54) is 0 Å². The van der Waals surface area contributed by atoms with Gasteiger partial charge >= 0.3 is 6.03 Å². The van der Waals surface area contributed by atoms with Crippen LogP contribution < -0.4 is 10.6 Å². The first-order valence-electron chi connectivity index (χ1n) is 7.24. The van der Waals surface area contributed by atoms with Crippen molar-refractivity contribution in [3.63, 3.8) is 0 Å². The van der Waals surface area contributed by atoms with Crippen molar-refractivity contribution < 1.29 is 9.90 Å². The van der Waals surface area contributed by atoms with Gasteiger partial charge in [-0.25, -0.2) is 4.79 Å². The van der Waals surface area contributed by atoms with Crippen molar-refractivity contribution in [1.82, 2.24) is 5.32 Å². The van der Waals surface area contributed by atoms with Gasteiger partial charge in [-0.3, -0.25) is 0 Å². The molecule has 0 saturated carbocycles. The molecule has 3 aromatic carbocycles. The highest BCUT2D eigenvalue weighted by atomic mass is 16.3. The molecule has 4 nitrogen and oxygen atoms in total. The average molecular weight is 304 g/mol. The van der Waals surface area contributed by atoms with E-state index in [9.17, 15) is 9.90 Å². The third kappa shape index (κ3) is 3.49. The highest BCUT2D eigenvalue weighted by molar-refractivity contribution is 6.03. The van der Waals surface area contributed by atoms with E-state index in [-0.39, 0.29) is 11.8 Å². The van der Waals surface area contributed by atoms with Crippen molar-refractivity contribution in [2.45, 2.75) is 0 Å². The lowest BCUT2D eigenvalue weighted by molar-refractivity contribution is 0.255. The van der Waals surface area contributed by atoms with Gasteiger partial charge in [0.25, 0.3) is 0 Å². The number of hydrogen-bond acceptors (Lipinski definition) is 2. The molecule has 3 rings (SSSR count). The summed E-state index contributed by atoms with van der Waals surface area (Å²) in [6.07, 6.45) is 3.40. The van der Waals surface area contributed by atoms with Gasteiger partial charge in [0.05, 0.1) is 5.69 Å². The van der Waals surface area contributed by atoms with E-state index in [2.05, 4.69) is 10.6 Å². The van der Waals surface area contributed by atoms with Gasteiger partial charge in [-0.1, -0.05) is 54.6 Å². The highest BCUT2D eigenvalue weighted by Crippen LogP contribution is 2.29. The van der Waals surface area contributed by atoms with E-state index in [0.717, 1.165) is 10.9 Å². The van der Waals surface area contributed by atoms with Crippen LogP contribution in [0.5, 0.6) is 5.75 Å². The first kappa shape index (κ1) is 14.7. The molecular weight excluding hydrogens is 288 g/mol. The standard InChI is InChI=1S/C19H16N2O2/c22-18-11-5-8-15-16(18)9-4-10-17(15)21-19(23)20-13-12-14-6-2-1-3-7-14/h1-13,22H,(H2,20,21,23)/b13-12+. The van der Waals surface area contributed by atoms with Crippen LogP contribution in [-0.4, -0.2) is 11.1 Å². The number of fused-ring (bicyclic) bond motifs is 1. The van der Waals surface area contributed by atoms with E-state index < -0.39 is 0 Å². The Hall–Kier alpha value is -3.27. The van der Waals surface area contributed by atoms with E-state index in [0.29, 0.717) is 11.1 Å². The van der Waals surface area contributed by atoms with Gasteiger partial charge < -0.3 is 15.7 Å². The summed E-state index contributed by atoms with van der Waals surface area (Å²) in [7, 11) is 0. The molecule has 3 aromatic rings. The number of hydrogen-bond donors (Lipinski definition) is 3. The molecule has 4 heteroatoms. The van der Waals surface area contributed by atoms with E-state index in [1.807, 2.05) is 48.5 Å². The van der Waals surface area contributed by atoms with Crippen LogP contribution in [0.25, 0.3) is 16.8 Å². The minimum Gasteiger partial charge on any atom is -0.507 e. The number of rotatable bonds is 3. The number of amides is 2. The second kappa shape index (κ2) is 6.66. The van der Waals surface area contributed by atoms with Gasteiger partial charge in [0.2, 0.25) is 0 Å². The zero-order valence-electron chi connectivity index (χ0n) is 12.4. The molecule has 2 amide bonds. The second-order valence-corrected chi connectivity index (χ2v) is 5.02. The Bertz CT molecular complexity index is 858. The van der Waals surface area contributed by atoms with E-state index in [1.54, 1.807) is 30.5 Å². The maximum absolute atomic E-state index is 12.0. The SMILES string of the molecule is O=C(N/C=C/c1ccccc1)Nc1cccc2c(O)cccc12. The van der Waals surface area contributed by atoms with Gasteiger partial charge in [0.1, 0.15) is 5.75 Å². The van der Waals surface area contributed by atoms with Crippen LogP contribution in [0.4, 0.5) is 10.5 Å². The number of benzene rings is 3. The van der Waals surface area contributed by atoms with Crippen LogP contribution in [0.2, 0.25) is 0 Å². The lowest BCUT2D eigenvalue weighted by atomic mass is 10.1. The second-order valence-electron chi connectivity index (χ2n) is 5.02. The maximum atomic E-state index is 12.0. The van der Waals surface area contributed by atoms with Crippen LogP contribution in [0.15, 0.2) is 72.9 Å². The maximum Gasteiger partial charge on any atom is 0.323 e. The molecule has 23 heavy (non-hydrogen) atoms. The molecule has 0 heterocycles. The fourth-order valence-corrected chi connectivity index (χ4v) is 2.34. The first-order valence-corrected chi connectivity index (χ1v) is 7.24. The Morgan fingerprint density at radius 3 is 2.43 bits per heavy atom. The van der Waals surface area contributed by atoms with Crippen LogP contribution >= 0.6 is 0 Å². The predicted molar refractivity (Wildman–Crippen MR) is 93.2 cm³/mol. The number of phenols is 1. The number of aromatic hydroxyl groups is 1. The summed E-state index contributed by atoms with van der Waals surface area (Å²) in [6, 6.07) is 20.0. The molecule has 0 aliphatic carbocycles. The van der Waals surface area contributed by atoms with Gasteiger partial charge in [0.15, 0.2) is 0 Å². The third-order valence-corrected chi connectivity index (χ3v) is 3.44. The normalized spacial score (nSPS) is 10.8. The topological polar surface area (TPSA) is 61.4 Å². The number of anilines is 1. The molecule has 114 valence electrons. The Morgan fingerprint density at radius 1 is 0.870 bits per heavy atom. The third-order valence-electron chi connectivity index (χ3n) is 3.44. The highest BCUT2D eigenvalue weighted by Gasteiger charge is 2.06. The largest absolute Gasteiger partial charge is 0.507 e. The minimum absolute atomic E-state index is 0.190. The van der Waals surface area contributed by atoms with Gasteiger partial charge in [-0.2, -0.15) is 0 Å². The van der Waals surface area contributed by atoms with Crippen LogP contribution in [-0.2, 0) is 0 Å². The van der Waals surface area contributed by atoms with Crippen molar-refractivity contribution in [1.29, 1.82) is 0 Å². The number of carbonyl (C=O) groups excluding carboxylic acids is 1. The zero-order chi connectivity index (χ0) is 16.1. The van der Waals surface area contributed by atoms with Crippen LogP contribution in [0.1, 0.15) is 5.56 Å². The number of carbonyl (C=O) groups is 1. The molecule has 0 saturated heterocycles. The molecule has 0 unspecified atom stereocenters. The number of nitrogens with one attached hydrogen (secondary N) is 2. The zero-order valence-corrected chi connectivity index (χ0v) is 12.4. The summed E-state index contributed by atoms with van der Waals surface area (Å²) in [5.74, 6) is 0.190. The lowest BCUT2D eigenvalue weighted by Gasteiger charge is -2.09. The van der Waals surface area contributed by atoms with Gasteiger partial charge in [-0.15, -0.1) is 0 Å². The van der Waals surface area contributed by atoms with Gasteiger partial charge in [-0.05, 0) is 23.8 Å². The van der Waals surface area contributed by atoms with Crippen molar-refractivity contribution in [2.75, 3.05) is 5.32 Å². The molecule has 0 aliphatic rings. The molecule has 0 fully saturated rings. The Kier molecular flexibility index (Phi) is 4.25. The molecule has 0 aliphatic heterocycles. The average Bonchev–Trinajstić information content (AvgIpc) is 2.57. The Balaban J connectivity index is 1.71. The summed E-state index contributed by atoms with van der Waals surface area (Å²) in [4.78, 5) is 12.0. The monoisotopic (exact) mass is 304 g/mol. The fourth-order valence-electron chi connectivity index (χ4n) is 2.34. The van der Waals surface area contributed by atoms with Gasteiger partial charge in [0, 0.05) is 17.0 Å². The first-order chi connectivity index (χ1) is 11.2. The fraction of sp³-hybridized carbons (Fsp3) is 0. The summed E-state index contributed by atoms with van der Waals surface area (Å²) in [5.41, 5.74) is 1.65. The quantitative estimate of drug-likeness (QED) is 0.674. The molecule has 0 radical (unpaired) electrons. The smallest absolute Gasteiger partial charge is 0.323 e. The predicted octanol–water partition coefficient (Wildman–Crippen LogP) is 4.34. The van der Waals surface area contributed by atoms with Crippen LogP contribution in [0.3, 0.4) is 0 Å². The minimum atomic E-state index is -0.340. The molecule has 0 aromatic heterocycles. The number of urea groups is 1. The van der Waals surface area contributed by atoms with E-state index in [4.69, 9.17) is 0 Å². The summed E-state index contributed by atoms with van der Waals surface area (Å²) in [6.45, 7) is 0. The number of phenolic OH excluding ortho intramolecular Hbond substituents is 1. The van der Waals surface area contributed by atoms with Crippen molar-refractivity contribution in [3.05, 3.63) is 78.5 Å². The van der Waals surface area contributed by atoms with Crippen molar-refractivity contribution >= 4 is 28.6 Å². The van der Waals surface area contributed by atoms with Crippen molar-refractivity contribution in [2.24, 2.45) is 0 Å². The Labute approximate surface area is 134 Å². The molecule has 3 N–H and O–H groups in total.